The number of hydrogen-bond acceptors (Lipinski definition) is 1. The average Bonchev–Trinajstić information content (AvgIpc) is 2.98. The van der Waals surface area contributed by atoms with Gasteiger partial charge in [0.2, 0.25) is 0 Å². The van der Waals surface area contributed by atoms with E-state index in [1.54, 1.807) is 0 Å². The molecule has 0 amide bonds. The summed E-state index contributed by atoms with van der Waals surface area (Å²) in [5.41, 5.74) is 7.83. The van der Waals surface area contributed by atoms with Crippen molar-refractivity contribution in [1.29, 1.82) is 0 Å². The first-order chi connectivity index (χ1) is 18.5. The Kier molecular flexibility index (Phi) is 21.0. The highest BCUT2D eigenvalue weighted by molar-refractivity contribution is 5.63. The van der Waals surface area contributed by atoms with E-state index >= 15 is 0 Å². The molecule has 5 rings (SSSR count). The van der Waals surface area contributed by atoms with Gasteiger partial charge in [0.25, 0.3) is 0 Å². The predicted octanol–water partition coefficient (Wildman–Crippen LogP) is 10.3. The predicted molar refractivity (Wildman–Crippen MR) is 170 cm³/mol. The number of aliphatic hydroxyl groups excluding tert-OH is 1. The van der Waals surface area contributed by atoms with Crippen LogP contribution < -0.4 is 0 Å². The van der Waals surface area contributed by atoms with Crippen LogP contribution in [0.25, 0.3) is 11.1 Å². The van der Waals surface area contributed by atoms with Crippen molar-refractivity contribution in [2.75, 3.05) is 7.11 Å². The Labute approximate surface area is 232 Å². The van der Waals surface area contributed by atoms with Crippen molar-refractivity contribution in [2.24, 2.45) is 0 Å². The Morgan fingerprint density at radius 2 is 0.500 bits per heavy atom. The molecule has 38 heavy (non-hydrogen) atoms. The fourth-order valence-corrected chi connectivity index (χ4v) is 2.98. The topological polar surface area (TPSA) is 20.2 Å². The van der Waals surface area contributed by atoms with Crippen molar-refractivity contribution in [3.63, 3.8) is 0 Å². The maximum Gasteiger partial charge on any atom is 0.0319 e. The smallest absolute Gasteiger partial charge is 0.0319 e. The minimum Gasteiger partial charge on any atom is -0.400 e. The lowest BCUT2D eigenvalue weighted by atomic mass is 10.0. The monoisotopic (exact) mass is 506 g/mol. The normalized spacial score (nSPS) is 8.53. The molecule has 0 unspecified atom stereocenters. The molecule has 5 aromatic carbocycles. The van der Waals surface area contributed by atoms with E-state index < -0.39 is 0 Å². The molecule has 0 fully saturated rings. The number of benzene rings is 5. The Morgan fingerprint density at radius 1 is 0.289 bits per heavy atom. The van der Waals surface area contributed by atoms with Gasteiger partial charge < -0.3 is 5.11 Å². The van der Waals surface area contributed by atoms with Gasteiger partial charge in [0, 0.05) is 7.11 Å². The Morgan fingerprint density at radius 3 is 0.737 bits per heavy atom. The van der Waals surface area contributed by atoms with Gasteiger partial charge in [0.15, 0.2) is 0 Å². The van der Waals surface area contributed by atoms with Gasteiger partial charge in [-0.1, -0.05) is 182 Å². The van der Waals surface area contributed by atoms with E-state index in [4.69, 9.17) is 5.11 Å². The zero-order chi connectivity index (χ0) is 28.4. The Bertz CT molecular complexity index is 1050. The van der Waals surface area contributed by atoms with E-state index in [0.29, 0.717) is 0 Å². The van der Waals surface area contributed by atoms with Crippen LogP contribution in [0.3, 0.4) is 0 Å². The van der Waals surface area contributed by atoms with Gasteiger partial charge in [-0.05, 0) is 38.8 Å². The summed E-state index contributed by atoms with van der Waals surface area (Å²) in [6.07, 6.45) is 0. The third kappa shape index (κ3) is 17.5. The highest BCUT2D eigenvalue weighted by Crippen LogP contribution is 2.18. The summed E-state index contributed by atoms with van der Waals surface area (Å²) in [4.78, 5) is 0. The lowest BCUT2D eigenvalue weighted by Gasteiger charge is -2.00. The van der Waals surface area contributed by atoms with Crippen LogP contribution in [0, 0.1) is 27.7 Å². The van der Waals surface area contributed by atoms with Crippen LogP contribution >= 0.6 is 0 Å². The van der Waals surface area contributed by atoms with Crippen LogP contribution in [-0.2, 0) is 0 Å². The first kappa shape index (κ1) is 34.1. The molecular formula is C37H46O. The van der Waals surface area contributed by atoms with Gasteiger partial charge in [-0.3, -0.25) is 0 Å². The van der Waals surface area contributed by atoms with E-state index in [-0.39, 0.29) is 0 Å². The molecule has 0 radical (unpaired) electrons. The van der Waals surface area contributed by atoms with E-state index in [1.807, 2.05) is 74.5 Å². The highest BCUT2D eigenvalue weighted by Gasteiger charge is 1.93. The standard InChI is InChI=1S/C13H12.3C7H8.C2H6.CH4O/c1-11-7-9-13(10-8-11)12-5-3-2-4-6-12;3*1-7-5-3-2-4-6-7;2*1-2/h2-10H,1H3;3*2-6H,1H3;1-2H3;2H,1H3. The average molecular weight is 507 g/mol. The summed E-state index contributed by atoms with van der Waals surface area (Å²) in [6, 6.07) is 49.8. The molecule has 0 spiro atoms. The van der Waals surface area contributed by atoms with Crippen LogP contribution in [0.2, 0.25) is 0 Å². The lowest BCUT2D eigenvalue weighted by Crippen LogP contribution is -1.76. The molecule has 0 aliphatic carbocycles. The maximum atomic E-state index is 7.00. The van der Waals surface area contributed by atoms with Crippen LogP contribution in [0.15, 0.2) is 146 Å². The Balaban J connectivity index is 0.000000478. The van der Waals surface area contributed by atoms with Gasteiger partial charge in [-0.25, -0.2) is 0 Å². The highest BCUT2D eigenvalue weighted by atomic mass is 16.2. The van der Waals surface area contributed by atoms with Crippen LogP contribution in [0.1, 0.15) is 36.1 Å². The Hall–Kier alpha value is -3.94. The number of aryl methyl sites for hydroxylation is 4. The molecule has 1 N–H and O–H groups in total. The molecule has 0 aromatic heterocycles. The molecule has 0 bridgehead atoms. The maximum absolute atomic E-state index is 7.00. The second-order valence-corrected chi connectivity index (χ2v) is 8.20. The van der Waals surface area contributed by atoms with Gasteiger partial charge >= 0.3 is 0 Å². The van der Waals surface area contributed by atoms with Gasteiger partial charge in [-0.15, -0.1) is 0 Å². The van der Waals surface area contributed by atoms with Crippen molar-refractivity contribution >= 4 is 0 Å². The van der Waals surface area contributed by atoms with E-state index in [0.717, 1.165) is 7.11 Å². The minimum atomic E-state index is 1.00. The number of hydrogen-bond donors (Lipinski definition) is 1. The SMILES string of the molecule is CC.CO.Cc1ccc(-c2ccccc2)cc1.Cc1ccccc1.Cc1ccccc1.Cc1ccccc1. The van der Waals surface area contributed by atoms with Gasteiger partial charge in [0.05, 0.1) is 0 Å². The molecule has 200 valence electrons. The lowest BCUT2D eigenvalue weighted by molar-refractivity contribution is 0.399. The second kappa shape index (κ2) is 23.5. The van der Waals surface area contributed by atoms with Crippen LogP contribution in [-0.4, -0.2) is 12.2 Å². The van der Waals surface area contributed by atoms with E-state index in [1.165, 1.54) is 33.4 Å². The first-order valence-corrected chi connectivity index (χ1v) is 13.2. The van der Waals surface area contributed by atoms with Crippen molar-refractivity contribution in [1.82, 2.24) is 0 Å². The van der Waals surface area contributed by atoms with Crippen molar-refractivity contribution in [3.05, 3.63) is 168 Å². The van der Waals surface area contributed by atoms with Crippen LogP contribution in [0.5, 0.6) is 0 Å². The van der Waals surface area contributed by atoms with E-state index in [2.05, 4.69) is 113 Å². The molecule has 5 aromatic rings. The molecule has 1 nitrogen and oxygen atoms in total. The second-order valence-electron chi connectivity index (χ2n) is 8.20. The quantitative estimate of drug-likeness (QED) is 0.240. The molecule has 0 saturated carbocycles. The largest absolute Gasteiger partial charge is 0.400 e. The summed E-state index contributed by atoms with van der Waals surface area (Å²) in [6.45, 7) is 12.4. The summed E-state index contributed by atoms with van der Waals surface area (Å²) in [5, 5.41) is 7.00. The number of aliphatic hydroxyl groups is 1. The molecule has 0 saturated heterocycles. The first-order valence-electron chi connectivity index (χ1n) is 13.2. The van der Waals surface area contributed by atoms with Crippen molar-refractivity contribution in [2.45, 2.75) is 41.5 Å². The fourth-order valence-electron chi connectivity index (χ4n) is 2.98. The van der Waals surface area contributed by atoms with Crippen LogP contribution in [0.4, 0.5) is 0 Å². The van der Waals surface area contributed by atoms with Crippen molar-refractivity contribution < 1.29 is 5.11 Å². The third-order valence-electron chi connectivity index (χ3n) is 4.98. The molecule has 0 heterocycles. The minimum absolute atomic E-state index is 1.00. The summed E-state index contributed by atoms with van der Waals surface area (Å²) < 4.78 is 0. The summed E-state index contributed by atoms with van der Waals surface area (Å²) in [5.74, 6) is 0. The fraction of sp³-hybridized carbons (Fsp3) is 0.189. The summed E-state index contributed by atoms with van der Waals surface area (Å²) >= 11 is 0. The molecule has 0 aliphatic rings. The molecular weight excluding hydrogens is 460 g/mol. The molecule has 1 heteroatoms. The molecule has 0 atom stereocenters. The van der Waals surface area contributed by atoms with Gasteiger partial charge in [-0.2, -0.15) is 0 Å². The zero-order valence-electron chi connectivity index (χ0n) is 24.3. The van der Waals surface area contributed by atoms with Gasteiger partial charge in [0.1, 0.15) is 0 Å². The molecule has 0 aliphatic heterocycles. The summed E-state index contributed by atoms with van der Waals surface area (Å²) in [7, 11) is 1.00. The zero-order valence-corrected chi connectivity index (χ0v) is 24.3. The van der Waals surface area contributed by atoms with E-state index in [9.17, 15) is 0 Å². The van der Waals surface area contributed by atoms with Crippen molar-refractivity contribution in [3.8, 4) is 11.1 Å². The number of rotatable bonds is 1. The third-order valence-corrected chi connectivity index (χ3v) is 4.98.